The zero-order chi connectivity index (χ0) is 13.1. The summed E-state index contributed by atoms with van der Waals surface area (Å²) in [4.78, 5) is 25.4. The topological polar surface area (TPSA) is 58.6 Å². The number of para-hydroxylation sites is 1. The van der Waals surface area contributed by atoms with E-state index in [0.29, 0.717) is 24.3 Å². The van der Waals surface area contributed by atoms with E-state index in [4.69, 9.17) is 4.74 Å². The van der Waals surface area contributed by atoms with Crippen molar-refractivity contribution in [1.82, 2.24) is 10.2 Å². The average Bonchev–Trinajstić information content (AvgIpc) is 2.70. The Morgan fingerprint density at radius 1 is 1.44 bits per heavy atom. The maximum absolute atomic E-state index is 12.1. The second-order valence-corrected chi connectivity index (χ2v) is 4.27. The van der Waals surface area contributed by atoms with Crippen LogP contribution in [0.25, 0.3) is 0 Å². The molecular weight excluding hydrogens is 232 g/mol. The fourth-order valence-corrected chi connectivity index (χ4v) is 2.02. The number of ether oxygens (including phenoxy) is 1. The van der Waals surface area contributed by atoms with E-state index in [1.807, 2.05) is 0 Å². The third-order valence-electron chi connectivity index (χ3n) is 3.08. The highest BCUT2D eigenvalue weighted by Crippen LogP contribution is 2.18. The van der Waals surface area contributed by atoms with Crippen molar-refractivity contribution >= 4 is 11.8 Å². The average molecular weight is 248 g/mol. The molecule has 1 aromatic carbocycles. The molecule has 0 aliphatic carbocycles. The zero-order valence-corrected chi connectivity index (χ0v) is 10.5. The molecule has 0 aromatic heterocycles. The zero-order valence-electron chi connectivity index (χ0n) is 10.5. The first kappa shape index (κ1) is 12.4. The van der Waals surface area contributed by atoms with Crippen molar-refractivity contribution in [3.8, 4) is 5.75 Å². The number of likely N-dealkylation sites (tertiary alicyclic amines) is 1. The predicted octanol–water partition coefficient (Wildman–Crippen LogP) is 0.656. The van der Waals surface area contributed by atoms with Gasteiger partial charge in [0.15, 0.2) is 0 Å². The lowest BCUT2D eigenvalue weighted by Crippen LogP contribution is -2.40. The molecule has 0 spiro atoms. The molecule has 1 aliphatic heterocycles. The number of methoxy groups -OCH3 is 1. The van der Waals surface area contributed by atoms with Gasteiger partial charge in [-0.25, -0.2) is 0 Å². The number of hydrogen-bond acceptors (Lipinski definition) is 3. The van der Waals surface area contributed by atoms with E-state index in [0.717, 1.165) is 0 Å². The number of carbonyl (C=O) groups is 2. The van der Waals surface area contributed by atoms with Crippen LogP contribution in [0.1, 0.15) is 16.8 Å². The monoisotopic (exact) mass is 248 g/mol. The molecule has 1 unspecified atom stereocenters. The lowest BCUT2D eigenvalue weighted by Gasteiger charge is -2.13. The SMILES string of the molecule is COc1ccccc1C(=O)NC1CCN(C)C1=O. The van der Waals surface area contributed by atoms with Crippen LogP contribution in [0.3, 0.4) is 0 Å². The minimum absolute atomic E-state index is 0.0433. The standard InChI is InChI=1S/C13H16N2O3/c1-15-8-7-10(13(15)17)14-12(16)9-5-3-4-6-11(9)18-2/h3-6,10H,7-8H2,1-2H3,(H,14,16). The Morgan fingerprint density at radius 2 is 2.17 bits per heavy atom. The van der Waals surface area contributed by atoms with E-state index in [2.05, 4.69) is 5.32 Å². The predicted molar refractivity (Wildman–Crippen MR) is 66.5 cm³/mol. The van der Waals surface area contributed by atoms with Gasteiger partial charge in [-0.2, -0.15) is 0 Å². The van der Waals surface area contributed by atoms with Crippen molar-refractivity contribution in [1.29, 1.82) is 0 Å². The van der Waals surface area contributed by atoms with Crippen LogP contribution >= 0.6 is 0 Å². The normalized spacial score (nSPS) is 18.9. The molecule has 0 bridgehead atoms. The Hall–Kier alpha value is -2.04. The maximum atomic E-state index is 12.1. The number of benzene rings is 1. The van der Waals surface area contributed by atoms with E-state index in [9.17, 15) is 9.59 Å². The van der Waals surface area contributed by atoms with Gasteiger partial charge in [-0.05, 0) is 18.6 Å². The van der Waals surface area contributed by atoms with E-state index >= 15 is 0 Å². The molecule has 1 heterocycles. The van der Waals surface area contributed by atoms with Gasteiger partial charge in [-0.1, -0.05) is 12.1 Å². The van der Waals surface area contributed by atoms with Gasteiger partial charge in [0.25, 0.3) is 5.91 Å². The number of rotatable bonds is 3. The Morgan fingerprint density at radius 3 is 2.78 bits per heavy atom. The minimum atomic E-state index is -0.424. The molecule has 5 nitrogen and oxygen atoms in total. The highest BCUT2D eigenvalue weighted by molar-refractivity contribution is 6.00. The Balaban J connectivity index is 2.10. The van der Waals surface area contributed by atoms with Crippen LogP contribution in [-0.2, 0) is 4.79 Å². The summed E-state index contributed by atoms with van der Waals surface area (Å²) in [6.45, 7) is 0.676. The summed E-state index contributed by atoms with van der Waals surface area (Å²) < 4.78 is 5.12. The van der Waals surface area contributed by atoms with Gasteiger partial charge in [-0.15, -0.1) is 0 Å². The molecule has 2 amide bonds. The molecule has 5 heteroatoms. The van der Waals surface area contributed by atoms with Crippen LogP contribution in [0.5, 0.6) is 5.75 Å². The van der Waals surface area contributed by atoms with Crippen LogP contribution in [0.4, 0.5) is 0 Å². The van der Waals surface area contributed by atoms with Crippen molar-refractivity contribution in [2.45, 2.75) is 12.5 Å². The Kier molecular flexibility index (Phi) is 3.50. The van der Waals surface area contributed by atoms with Crippen LogP contribution in [0, 0.1) is 0 Å². The molecule has 18 heavy (non-hydrogen) atoms. The number of carbonyl (C=O) groups excluding carboxylic acids is 2. The van der Waals surface area contributed by atoms with E-state index in [-0.39, 0.29) is 11.8 Å². The van der Waals surface area contributed by atoms with Crippen molar-refractivity contribution in [2.75, 3.05) is 20.7 Å². The minimum Gasteiger partial charge on any atom is -0.496 e. The molecule has 1 aliphatic rings. The van der Waals surface area contributed by atoms with Gasteiger partial charge < -0.3 is 15.0 Å². The van der Waals surface area contributed by atoms with E-state index in [1.165, 1.54) is 7.11 Å². The summed E-state index contributed by atoms with van der Waals surface area (Å²) >= 11 is 0. The molecule has 0 saturated carbocycles. The number of likely N-dealkylation sites (N-methyl/N-ethyl adjacent to an activating group) is 1. The smallest absolute Gasteiger partial charge is 0.255 e. The second kappa shape index (κ2) is 5.08. The largest absolute Gasteiger partial charge is 0.496 e. The fourth-order valence-electron chi connectivity index (χ4n) is 2.02. The fraction of sp³-hybridized carbons (Fsp3) is 0.385. The number of nitrogens with zero attached hydrogens (tertiary/aromatic N) is 1. The first-order valence-corrected chi connectivity index (χ1v) is 5.82. The van der Waals surface area contributed by atoms with Crippen molar-refractivity contribution in [3.63, 3.8) is 0 Å². The molecule has 1 atom stereocenters. The van der Waals surface area contributed by atoms with Crippen LogP contribution < -0.4 is 10.1 Å². The summed E-state index contributed by atoms with van der Waals surface area (Å²) in [5, 5.41) is 2.74. The van der Waals surface area contributed by atoms with Crippen molar-refractivity contribution in [3.05, 3.63) is 29.8 Å². The summed E-state index contributed by atoms with van der Waals surface area (Å²) in [6, 6.07) is 6.53. The van der Waals surface area contributed by atoms with Gasteiger partial charge in [0.05, 0.1) is 12.7 Å². The lowest BCUT2D eigenvalue weighted by atomic mass is 10.1. The Labute approximate surface area is 106 Å². The highest BCUT2D eigenvalue weighted by atomic mass is 16.5. The second-order valence-electron chi connectivity index (χ2n) is 4.27. The van der Waals surface area contributed by atoms with E-state index < -0.39 is 6.04 Å². The third-order valence-corrected chi connectivity index (χ3v) is 3.08. The number of nitrogens with one attached hydrogen (secondary N) is 1. The summed E-state index contributed by atoms with van der Waals surface area (Å²) in [7, 11) is 3.25. The molecule has 2 rings (SSSR count). The molecule has 96 valence electrons. The maximum Gasteiger partial charge on any atom is 0.255 e. The number of amides is 2. The van der Waals surface area contributed by atoms with Crippen molar-refractivity contribution in [2.24, 2.45) is 0 Å². The van der Waals surface area contributed by atoms with Gasteiger partial charge in [0.1, 0.15) is 11.8 Å². The van der Waals surface area contributed by atoms with Crippen LogP contribution in [0.15, 0.2) is 24.3 Å². The quantitative estimate of drug-likeness (QED) is 0.854. The van der Waals surface area contributed by atoms with Crippen molar-refractivity contribution < 1.29 is 14.3 Å². The molecule has 1 aromatic rings. The van der Waals surface area contributed by atoms with Gasteiger partial charge in [0.2, 0.25) is 5.91 Å². The lowest BCUT2D eigenvalue weighted by molar-refractivity contribution is -0.128. The first-order valence-electron chi connectivity index (χ1n) is 5.82. The Bertz CT molecular complexity index is 473. The van der Waals surface area contributed by atoms with Crippen LogP contribution in [-0.4, -0.2) is 43.5 Å². The van der Waals surface area contributed by atoms with Gasteiger partial charge in [-0.3, -0.25) is 9.59 Å². The summed E-state index contributed by atoms with van der Waals surface area (Å²) in [5.74, 6) is 0.188. The molecular formula is C13H16N2O3. The van der Waals surface area contributed by atoms with E-state index in [1.54, 1.807) is 36.2 Å². The molecule has 1 N–H and O–H groups in total. The van der Waals surface area contributed by atoms with Gasteiger partial charge in [0, 0.05) is 13.6 Å². The van der Waals surface area contributed by atoms with Gasteiger partial charge >= 0.3 is 0 Å². The molecule has 1 fully saturated rings. The third kappa shape index (κ3) is 2.30. The highest BCUT2D eigenvalue weighted by Gasteiger charge is 2.30. The molecule has 1 saturated heterocycles. The van der Waals surface area contributed by atoms with Crippen LogP contribution in [0.2, 0.25) is 0 Å². The summed E-state index contributed by atoms with van der Waals surface area (Å²) in [6.07, 6.45) is 0.649. The number of hydrogen-bond donors (Lipinski definition) is 1. The first-order chi connectivity index (χ1) is 8.63. The summed E-state index contributed by atoms with van der Waals surface area (Å²) in [5.41, 5.74) is 0.447. The molecule has 0 radical (unpaired) electrons.